The molecule has 2 N–H and O–H groups in total. The molecule has 0 bridgehead atoms. The number of imidazole rings is 1. The van der Waals surface area contributed by atoms with Gasteiger partial charge in [-0.3, -0.25) is 0 Å². The summed E-state index contributed by atoms with van der Waals surface area (Å²) in [7, 11) is 0. The van der Waals surface area contributed by atoms with Crippen LogP contribution in [0.2, 0.25) is 0 Å². The van der Waals surface area contributed by atoms with Gasteiger partial charge in [0.15, 0.2) is 11.6 Å². The van der Waals surface area contributed by atoms with Crippen molar-refractivity contribution in [1.82, 2.24) is 14.9 Å². The Bertz CT molecular complexity index is 505. The average molecular weight is 279 g/mol. The van der Waals surface area contributed by atoms with Crippen LogP contribution in [0.4, 0.5) is 4.39 Å². The first-order valence-corrected chi connectivity index (χ1v) is 6.47. The van der Waals surface area contributed by atoms with Crippen LogP contribution in [-0.2, 0) is 6.54 Å². The molecule has 0 aliphatic heterocycles. The second-order valence-corrected chi connectivity index (χ2v) is 4.40. The van der Waals surface area contributed by atoms with Crippen molar-refractivity contribution in [1.29, 1.82) is 0 Å². The number of nitrogens with one attached hydrogen (secondary N) is 1. The molecular formula is C14H18FN3O2. The van der Waals surface area contributed by atoms with Gasteiger partial charge in [-0.15, -0.1) is 0 Å². The summed E-state index contributed by atoms with van der Waals surface area (Å²) in [6, 6.07) is 6.14. The predicted octanol–water partition coefficient (Wildman–Crippen LogP) is 1.05. The third-order valence-electron chi connectivity index (χ3n) is 2.75. The van der Waals surface area contributed by atoms with E-state index in [-0.39, 0.29) is 12.4 Å². The molecule has 0 radical (unpaired) electrons. The van der Waals surface area contributed by atoms with E-state index < -0.39 is 11.9 Å². The lowest BCUT2D eigenvalue weighted by molar-refractivity contribution is 0.104. The summed E-state index contributed by atoms with van der Waals surface area (Å²) in [4.78, 5) is 3.94. The lowest BCUT2D eigenvalue weighted by Gasteiger charge is -2.13. The molecule has 6 heteroatoms. The standard InChI is InChI=1S/C14H18FN3O2/c15-13-3-1-2-4-14(13)20-10-12(19)9-16-5-7-18-8-6-17-11-18/h1-4,6,8,11-12,16,19H,5,7,9-10H2. The van der Waals surface area contributed by atoms with E-state index in [0.29, 0.717) is 13.1 Å². The Labute approximate surface area is 117 Å². The minimum Gasteiger partial charge on any atom is -0.488 e. The highest BCUT2D eigenvalue weighted by Crippen LogP contribution is 2.15. The molecule has 0 saturated heterocycles. The molecule has 108 valence electrons. The highest BCUT2D eigenvalue weighted by atomic mass is 19.1. The number of aliphatic hydroxyl groups is 1. The van der Waals surface area contributed by atoms with E-state index in [2.05, 4.69) is 10.3 Å². The molecule has 0 spiro atoms. The van der Waals surface area contributed by atoms with E-state index in [1.807, 2.05) is 10.8 Å². The Kier molecular flexibility index (Phi) is 5.52. The maximum atomic E-state index is 13.3. The van der Waals surface area contributed by atoms with E-state index in [1.165, 1.54) is 12.1 Å². The molecule has 5 nitrogen and oxygen atoms in total. The van der Waals surface area contributed by atoms with E-state index in [1.54, 1.807) is 24.7 Å². The quantitative estimate of drug-likeness (QED) is 0.709. The third kappa shape index (κ3) is 4.64. The number of hydrogen-bond acceptors (Lipinski definition) is 4. The van der Waals surface area contributed by atoms with Crippen molar-refractivity contribution < 1.29 is 14.2 Å². The van der Waals surface area contributed by atoms with E-state index in [9.17, 15) is 9.50 Å². The molecule has 2 rings (SSSR count). The van der Waals surface area contributed by atoms with Crippen LogP contribution in [0.15, 0.2) is 43.0 Å². The van der Waals surface area contributed by atoms with Crippen LogP contribution in [0.1, 0.15) is 0 Å². The van der Waals surface area contributed by atoms with Crippen LogP contribution >= 0.6 is 0 Å². The topological polar surface area (TPSA) is 59.3 Å². The second kappa shape index (κ2) is 7.62. The maximum absolute atomic E-state index is 13.3. The van der Waals surface area contributed by atoms with Gasteiger partial charge in [0.1, 0.15) is 12.7 Å². The van der Waals surface area contributed by atoms with Crippen molar-refractivity contribution in [3.8, 4) is 5.75 Å². The molecule has 0 saturated carbocycles. The Hall–Kier alpha value is -1.92. The smallest absolute Gasteiger partial charge is 0.165 e. The van der Waals surface area contributed by atoms with Crippen molar-refractivity contribution in [3.63, 3.8) is 0 Å². The van der Waals surface area contributed by atoms with Gasteiger partial charge in [0.05, 0.1) is 6.33 Å². The normalized spacial score (nSPS) is 12.3. The SMILES string of the molecule is OC(CNCCn1ccnc1)COc1ccccc1F. The van der Waals surface area contributed by atoms with Crippen molar-refractivity contribution in [2.24, 2.45) is 0 Å². The molecule has 2 aromatic rings. The van der Waals surface area contributed by atoms with Crippen LogP contribution in [0.5, 0.6) is 5.75 Å². The zero-order valence-corrected chi connectivity index (χ0v) is 11.1. The molecule has 1 atom stereocenters. The molecule has 0 aliphatic rings. The van der Waals surface area contributed by atoms with Gasteiger partial charge in [-0.25, -0.2) is 9.37 Å². The minimum atomic E-state index is -0.683. The molecule has 0 aliphatic carbocycles. The van der Waals surface area contributed by atoms with Crippen molar-refractivity contribution in [2.75, 3.05) is 19.7 Å². The molecule has 1 aromatic heterocycles. The van der Waals surface area contributed by atoms with Gasteiger partial charge < -0.3 is 19.7 Å². The predicted molar refractivity (Wildman–Crippen MR) is 73.0 cm³/mol. The van der Waals surface area contributed by atoms with Crippen LogP contribution in [0.25, 0.3) is 0 Å². The van der Waals surface area contributed by atoms with Crippen LogP contribution in [-0.4, -0.2) is 40.5 Å². The number of hydrogen-bond donors (Lipinski definition) is 2. The Morgan fingerprint density at radius 1 is 1.40 bits per heavy atom. The molecule has 1 unspecified atom stereocenters. The zero-order chi connectivity index (χ0) is 14.2. The van der Waals surface area contributed by atoms with Gasteiger partial charge in [-0.05, 0) is 12.1 Å². The lowest BCUT2D eigenvalue weighted by atomic mass is 10.3. The van der Waals surface area contributed by atoms with Gasteiger partial charge in [0.2, 0.25) is 0 Å². The minimum absolute atomic E-state index is 0.0546. The molecular weight excluding hydrogens is 261 g/mol. The molecule has 0 amide bonds. The highest BCUT2D eigenvalue weighted by molar-refractivity contribution is 5.23. The van der Waals surface area contributed by atoms with E-state index >= 15 is 0 Å². The molecule has 0 fully saturated rings. The summed E-state index contributed by atoms with van der Waals surface area (Å²) in [5, 5.41) is 12.8. The Morgan fingerprint density at radius 3 is 3.00 bits per heavy atom. The van der Waals surface area contributed by atoms with Gasteiger partial charge in [0, 0.05) is 32.0 Å². The van der Waals surface area contributed by atoms with Crippen molar-refractivity contribution >= 4 is 0 Å². The Balaban J connectivity index is 1.61. The first-order valence-electron chi connectivity index (χ1n) is 6.47. The maximum Gasteiger partial charge on any atom is 0.165 e. The first-order chi connectivity index (χ1) is 9.75. The summed E-state index contributed by atoms with van der Waals surface area (Å²) in [5.74, 6) is -0.266. The summed E-state index contributed by atoms with van der Waals surface area (Å²) < 4.78 is 20.4. The number of benzene rings is 1. The number of aromatic nitrogens is 2. The van der Waals surface area contributed by atoms with Crippen LogP contribution in [0.3, 0.4) is 0 Å². The first kappa shape index (κ1) is 14.5. The number of nitrogens with zero attached hydrogens (tertiary/aromatic N) is 2. The molecule has 20 heavy (non-hydrogen) atoms. The average Bonchev–Trinajstić information content (AvgIpc) is 2.96. The number of aliphatic hydroxyl groups excluding tert-OH is 1. The summed E-state index contributed by atoms with van der Waals surface area (Å²) in [6.45, 7) is 1.94. The van der Waals surface area contributed by atoms with Crippen molar-refractivity contribution in [3.05, 3.63) is 48.8 Å². The van der Waals surface area contributed by atoms with Gasteiger partial charge in [-0.1, -0.05) is 12.1 Å². The highest BCUT2D eigenvalue weighted by Gasteiger charge is 2.07. The summed E-state index contributed by atoms with van der Waals surface area (Å²) >= 11 is 0. The number of para-hydroxylation sites is 1. The fraction of sp³-hybridized carbons (Fsp3) is 0.357. The van der Waals surface area contributed by atoms with Crippen molar-refractivity contribution in [2.45, 2.75) is 12.6 Å². The van der Waals surface area contributed by atoms with Crippen LogP contribution in [0, 0.1) is 5.82 Å². The fourth-order valence-electron chi connectivity index (χ4n) is 1.70. The van der Waals surface area contributed by atoms with E-state index in [4.69, 9.17) is 4.74 Å². The van der Waals surface area contributed by atoms with Gasteiger partial charge in [0.25, 0.3) is 0 Å². The number of halogens is 1. The van der Waals surface area contributed by atoms with Gasteiger partial charge in [-0.2, -0.15) is 0 Å². The number of rotatable bonds is 8. The van der Waals surface area contributed by atoms with E-state index in [0.717, 1.165) is 6.54 Å². The van der Waals surface area contributed by atoms with Gasteiger partial charge >= 0.3 is 0 Å². The summed E-state index contributed by atoms with van der Waals surface area (Å²) in [5.41, 5.74) is 0. The Morgan fingerprint density at radius 2 is 2.25 bits per heavy atom. The number of ether oxygens (including phenoxy) is 1. The lowest BCUT2D eigenvalue weighted by Crippen LogP contribution is -2.33. The fourth-order valence-corrected chi connectivity index (χ4v) is 1.70. The third-order valence-corrected chi connectivity index (χ3v) is 2.75. The zero-order valence-electron chi connectivity index (χ0n) is 11.1. The largest absolute Gasteiger partial charge is 0.488 e. The summed E-state index contributed by atoms with van der Waals surface area (Å²) in [6.07, 6.45) is 4.65. The molecule has 1 heterocycles. The second-order valence-electron chi connectivity index (χ2n) is 4.40. The molecule has 1 aromatic carbocycles. The van der Waals surface area contributed by atoms with Crippen LogP contribution < -0.4 is 10.1 Å². The monoisotopic (exact) mass is 279 g/mol.